The summed E-state index contributed by atoms with van der Waals surface area (Å²) in [6.07, 6.45) is 1.39. The van der Waals surface area contributed by atoms with Crippen LogP contribution in [0.25, 0.3) is 0 Å². The Kier molecular flexibility index (Phi) is 5.90. The maximum Gasteiger partial charge on any atom is 0.316 e. The Labute approximate surface area is 136 Å². The molecule has 1 aromatic carbocycles. The molecule has 5 heteroatoms. The first-order valence-corrected chi connectivity index (χ1v) is 8.04. The van der Waals surface area contributed by atoms with Crippen LogP contribution in [0.15, 0.2) is 24.3 Å². The monoisotopic (exact) mass is 317 g/mol. The van der Waals surface area contributed by atoms with E-state index in [1.165, 1.54) is 5.56 Å². The molecule has 1 saturated heterocycles. The van der Waals surface area contributed by atoms with Gasteiger partial charge < -0.3 is 9.64 Å². The van der Waals surface area contributed by atoms with Crippen LogP contribution in [0, 0.1) is 12.8 Å². The molecule has 0 aliphatic carbocycles. The summed E-state index contributed by atoms with van der Waals surface area (Å²) < 4.78 is 4.90. The van der Waals surface area contributed by atoms with Gasteiger partial charge in [0.15, 0.2) is 5.78 Å². The minimum atomic E-state index is -0.712. The van der Waals surface area contributed by atoms with E-state index >= 15 is 0 Å². The maximum absolute atomic E-state index is 12.3. The van der Waals surface area contributed by atoms with Crippen molar-refractivity contribution in [1.82, 2.24) is 4.90 Å². The molecule has 1 aromatic rings. The van der Waals surface area contributed by atoms with Crippen LogP contribution in [0.1, 0.15) is 30.9 Å². The highest BCUT2D eigenvalue weighted by Gasteiger charge is 2.34. The lowest BCUT2D eigenvalue weighted by atomic mass is 9.95. The van der Waals surface area contributed by atoms with E-state index in [0.717, 1.165) is 5.56 Å². The molecule has 1 aliphatic heterocycles. The molecule has 1 atom stereocenters. The topological polar surface area (TPSA) is 63.7 Å². The molecule has 0 bridgehead atoms. The highest BCUT2D eigenvalue weighted by molar-refractivity contribution is 6.01. The van der Waals surface area contributed by atoms with E-state index in [9.17, 15) is 14.4 Å². The van der Waals surface area contributed by atoms with E-state index in [1.54, 1.807) is 11.8 Å². The van der Waals surface area contributed by atoms with Crippen molar-refractivity contribution in [1.29, 1.82) is 0 Å². The number of carbonyl (C=O) groups excluding carboxylic acids is 3. The van der Waals surface area contributed by atoms with Crippen LogP contribution in [-0.2, 0) is 25.5 Å². The highest BCUT2D eigenvalue weighted by Crippen LogP contribution is 2.17. The molecule has 1 fully saturated rings. The van der Waals surface area contributed by atoms with Gasteiger partial charge in [-0.15, -0.1) is 0 Å². The number of likely N-dealkylation sites (tertiary alicyclic amines) is 1. The molecule has 1 heterocycles. The van der Waals surface area contributed by atoms with Crippen LogP contribution >= 0.6 is 0 Å². The molecule has 23 heavy (non-hydrogen) atoms. The number of rotatable bonds is 5. The van der Waals surface area contributed by atoms with E-state index in [4.69, 9.17) is 4.74 Å². The molecule has 0 spiro atoms. The second-order valence-electron chi connectivity index (χ2n) is 5.86. The maximum atomic E-state index is 12.3. The number of Topliss-reactive ketones (excluding diaryl/α,β-unsaturated/α-hetero) is 1. The Balaban J connectivity index is 1.85. The highest BCUT2D eigenvalue weighted by atomic mass is 16.5. The summed E-state index contributed by atoms with van der Waals surface area (Å²) in [6.45, 7) is 4.44. The second kappa shape index (κ2) is 7.90. The first-order valence-electron chi connectivity index (χ1n) is 8.04. The number of amides is 1. The lowest BCUT2D eigenvalue weighted by Gasteiger charge is -2.29. The second-order valence-corrected chi connectivity index (χ2v) is 5.86. The summed E-state index contributed by atoms with van der Waals surface area (Å²) in [5.41, 5.74) is 2.28. The smallest absolute Gasteiger partial charge is 0.316 e. The molecule has 0 aromatic heterocycles. The van der Waals surface area contributed by atoms with E-state index < -0.39 is 11.9 Å². The van der Waals surface area contributed by atoms with Crippen molar-refractivity contribution in [3.05, 3.63) is 35.4 Å². The predicted molar refractivity (Wildman–Crippen MR) is 85.8 cm³/mol. The fraction of sp³-hybridized carbons (Fsp3) is 0.500. The Morgan fingerprint density at radius 1 is 1.35 bits per heavy atom. The van der Waals surface area contributed by atoms with E-state index in [2.05, 4.69) is 6.07 Å². The van der Waals surface area contributed by atoms with Gasteiger partial charge in [0.1, 0.15) is 5.92 Å². The number of ether oxygens (including phenoxy) is 1. The minimum Gasteiger partial charge on any atom is -0.465 e. The zero-order chi connectivity index (χ0) is 16.8. The quantitative estimate of drug-likeness (QED) is 0.615. The Morgan fingerprint density at radius 3 is 2.78 bits per heavy atom. The summed E-state index contributed by atoms with van der Waals surface area (Å²) in [5, 5.41) is 0. The fourth-order valence-electron chi connectivity index (χ4n) is 2.81. The third kappa shape index (κ3) is 4.65. The summed E-state index contributed by atoms with van der Waals surface area (Å²) in [7, 11) is 0. The average Bonchev–Trinajstić information content (AvgIpc) is 2.52. The van der Waals surface area contributed by atoms with Crippen LogP contribution in [0.2, 0.25) is 0 Å². The minimum absolute atomic E-state index is 0.0101. The van der Waals surface area contributed by atoms with Gasteiger partial charge in [-0.2, -0.15) is 0 Å². The van der Waals surface area contributed by atoms with Crippen molar-refractivity contribution in [2.24, 2.45) is 5.92 Å². The van der Waals surface area contributed by atoms with Crippen molar-refractivity contribution in [2.45, 2.75) is 33.1 Å². The summed E-state index contributed by atoms with van der Waals surface area (Å²) in [4.78, 5) is 37.5. The van der Waals surface area contributed by atoms with Gasteiger partial charge in [0.25, 0.3) is 0 Å². The predicted octanol–water partition coefficient (Wildman–Crippen LogP) is 1.91. The molecule has 1 aliphatic rings. The normalized spacial score (nSPS) is 17.9. The van der Waals surface area contributed by atoms with Gasteiger partial charge in [-0.1, -0.05) is 29.8 Å². The Bertz CT molecular complexity index is 596. The summed E-state index contributed by atoms with van der Waals surface area (Å²) in [5.74, 6) is -1.44. The molecule has 2 rings (SSSR count). The molecule has 1 unspecified atom stereocenters. The lowest BCUT2D eigenvalue weighted by Crippen LogP contribution is -2.46. The molecule has 0 saturated carbocycles. The number of benzene rings is 1. The standard InChI is InChI=1S/C18H23NO4/c1-3-23-18(22)15-9-10-19(12-16(15)20)17(21)8-7-14-6-4-5-13(2)11-14/h4-6,11,15H,3,7-10,12H2,1-2H3. The van der Waals surface area contributed by atoms with Gasteiger partial charge in [0, 0.05) is 13.0 Å². The van der Waals surface area contributed by atoms with Gasteiger partial charge >= 0.3 is 5.97 Å². The first-order chi connectivity index (χ1) is 11.0. The van der Waals surface area contributed by atoms with Crippen LogP contribution in [-0.4, -0.2) is 42.3 Å². The third-order valence-electron chi connectivity index (χ3n) is 4.06. The number of ketones is 1. The lowest BCUT2D eigenvalue weighted by molar-refractivity contribution is -0.156. The largest absolute Gasteiger partial charge is 0.465 e. The van der Waals surface area contributed by atoms with E-state index in [0.29, 0.717) is 25.8 Å². The van der Waals surface area contributed by atoms with Gasteiger partial charge in [0.05, 0.1) is 13.2 Å². The Hall–Kier alpha value is -2.17. The molecule has 1 amide bonds. The zero-order valence-electron chi connectivity index (χ0n) is 13.7. The number of carbonyl (C=O) groups is 3. The summed E-state index contributed by atoms with van der Waals surface area (Å²) >= 11 is 0. The first kappa shape index (κ1) is 17.2. The van der Waals surface area contributed by atoms with Crippen molar-refractivity contribution in [2.75, 3.05) is 19.7 Å². The number of piperidine rings is 1. The molecule has 0 radical (unpaired) electrons. The van der Waals surface area contributed by atoms with Crippen LogP contribution < -0.4 is 0 Å². The fourth-order valence-corrected chi connectivity index (χ4v) is 2.81. The zero-order valence-corrected chi connectivity index (χ0v) is 13.7. The molecule has 5 nitrogen and oxygen atoms in total. The van der Waals surface area contributed by atoms with Gasteiger partial charge in [-0.3, -0.25) is 14.4 Å². The number of nitrogens with zero attached hydrogens (tertiary/aromatic N) is 1. The third-order valence-corrected chi connectivity index (χ3v) is 4.06. The van der Waals surface area contributed by atoms with E-state index in [1.807, 2.05) is 25.1 Å². The van der Waals surface area contributed by atoms with Crippen LogP contribution in [0.3, 0.4) is 0 Å². The van der Waals surface area contributed by atoms with Gasteiger partial charge in [-0.05, 0) is 32.3 Å². The molecular formula is C18H23NO4. The Morgan fingerprint density at radius 2 is 2.13 bits per heavy atom. The van der Waals surface area contributed by atoms with Gasteiger partial charge in [0.2, 0.25) is 5.91 Å². The van der Waals surface area contributed by atoms with Crippen molar-refractivity contribution in [3.63, 3.8) is 0 Å². The number of hydrogen-bond donors (Lipinski definition) is 0. The van der Waals surface area contributed by atoms with Crippen molar-refractivity contribution in [3.8, 4) is 0 Å². The molecule has 0 N–H and O–H groups in total. The van der Waals surface area contributed by atoms with Crippen molar-refractivity contribution < 1.29 is 19.1 Å². The summed E-state index contributed by atoms with van der Waals surface area (Å²) in [6, 6.07) is 8.05. The molecular weight excluding hydrogens is 294 g/mol. The van der Waals surface area contributed by atoms with Crippen LogP contribution in [0.4, 0.5) is 0 Å². The van der Waals surface area contributed by atoms with Crippen molar-refractivity contribution >= 4 is 17.7 Å². The molecule has 124 valence electrons. The van der Waals surface area contributed by atoms with Crippen LogP contribution in [0.5, 0.6) is 0 Å². The number of aryl methyl sites for hydroxylation is 2. The number of esters is 1. The van der Waals surface area contributed by atoms with E-state index in [-0.39, 0.29) is 24.8 Å². The average molecular weight is 317 g/mol. The van der Waals surface area contributed by atoms with Gasteiger partial charge in [-0.25, -0.2) is 0 Å². The SMILES string of the molecule is CCOC(=O)C1CCN(C(=O)CCc2cccc(C)c2)CC1=O. The number of hydrogen-bond acceptors (Lipinski definition) is 4.